The molecule has 7 heteroatoms. The Balaban J connectivity index is 1.71. The van der Waals surface area contributed by atoms with Crippen LogP contribution in [0.25, 0.3) is 21.9 Å². The van der Waals surface area contributed by atoms with Crippen LogP contribution in [0.2, 0.25) is 4.34 Å². The highest BCUT2D eigenvalue weighted by Crippen LogP contribution is 2.32. The van der Waals surface area contributed by atoms with E-state index >= 15 is 0 Å². The minimum absolute atomic E-state index is 0.201. The highest BCUT2D eigenvalue weighted by atomic mass is 35.5. The molecule has 5 nitrogen and oxygen atoms in total. The average Bonchev–Trinajstić information content (AvgIpc) is 3.35. The van der Waals surface area contributed by atoms with Crippen molar-refractivity contribution in [3.63, 3.8) is 0 Å². The molecule has 4 aromatic rings. The fraction of sp³-hybridized carbons (Fsp3) is 0.0526. The minimum Gasteiger partial charge on any atom is -0.477 e. The van der Waals surface area contributed by atoms with Crippen LogP contribution in [0.1, 0.15) is 16.2 Å². The van der Waals surface area contributed by atoms with Crippen molar-refractivity contribution in [2.75, 3.05) is 0 Å². The van der Waals surface area contributed by atoms with E-state index in [2.05, 4.69) is 5.16 Å². The van der Waals surface area contributed by atoms with E-state index in [0.717, 1.165) is 16.1 Å². The zero-order valence-corrected chi connectivity index (χ0v) is 15.0. The number of carboxylic acids is 1. The number of hydrogen-bond acceptors (Lipinski definition) is 4. The molecule has 3 heterocycles. The van der Waals surface area contributed by atoms with E-state index in [9.17, 15) is 9.90 Å². The number of benzene rings is 1. The summed E-state index contributed by atoms with van der Waals surface area (Å²) in [6.45, 7) is 0.293. The lowest BCUT2D eigenvalue weighted by atomic mass is 10.1. The average molecular weight is 385 g/mol. The van der Waals surface area contributed by atoms with Gasteiger partial charge in [-0.25, -0.2) is 4.79 Å². The zero-order valence-electron chi connectivity index (χ0n) is 13.4. The molecule has 0 bridgehead atoms. The number of thiophene rings is 1. The van der Waals surface area contributed by atoms with E-state index in [1.807, 2.05) is 42.5 Å². The molecule has 1 N–H and O–H groups in total. The molecule has 0 spiro atoms. The van der Waals surface area contributed by atoms with Gasteiger partial charge in [-0.3, -0.25) is 0 Å². The molecule has 0 aliphatic carbocycles. The summed E-state index contributed by atoms with van der Waals surface area (Å²) in [7, 11) is 0. The summed E-state index contributed by atoms with van der Waals surface area (Å²) >= 11 is 7.36. The minimum atomic E-state index is -0.985. The lowest BCUT2D eigenvalue weighted by Crippen LogP contribution is -2.10. The van der Waals surface area contributed by atoms with Crippen molar-refractivity contribution >= 4 is 28.9 Å². The van der Waals surface area contributed by atoms with Gasteiger partial charge in [0, 0.05) is 11.8 Å². The van der Waals surface area contributed by atoms with E-state index in [-0.39, 0.29) is 5.69 Å². The van der Waals surface area contributed by atoms with Gasteiger partial charge in [-0.15, -0.1) is 11.3 Å². The van der Waals surface area contributed by atoms with Crippen molar-refractivity contribution in [1.29, 1.82) is 0 Å². The largest absolute Gasteiger partial charge is 0.477 e. The summed E-state index contributed by atoms with van der Waals surface area (Å²) in [6, 6.07) is 18.5. The van der Waals surface area contributed by atoms with Crippen LogP contribution in [0.15, 0.2) is 65.2 Å². The fourth-order valence-electron chi connectivity index (χ4n) is 2.80. The Hall–Kier alpha value is -2.83. The second-order valence-corrected chi connectivity index (χ2v) is 7.36. The normalized spacial score (nSPS) is 11.0. The lowest BCUT2D eigenvalue weighted by Gasteiger charge is -2.10. The van der Waals surface area contributed by atoms with Gasteiger partial charge in [0.2, 0.25) is 0 Å². The summed E-state index contributed by atoms with van der Waals surface area (Å²) in [6.07, 6.45) is 0. The van der Waals surface area contributed by atoms with Crippen LogP contribution in [-0.4, -0.2) is 20.8 Å². The summed E-state index contributed by atoms with van der Waals surface area (Å²) in [5.41, 5.74) is 2.59. The molecule has 3 aromatic heterocycles. The number of hydrogen-bond donors (Lipinski definition) is 1. The van der Waals surface area contributed by atoms with Gasteiger partial charge in [0.05, 0.1) is 15.8 Å². The van der Waals surface area contributed by atoms with Crippen molar-refractivity contribution in [2.45, 2.75) is 6.54 Å². The smallest absolute Gasteiger partial charge is 0.352 e. The van der Waals surface area contributed by atoms with Crippen molar-refractivity contribution in [2.24, 2.45) is 0 Å². The van der Waals surface area contributed by atoms with Gasteiger partial charge in [0.15, 0.2) is 5.76 Å². The number of aromatic carboxylic acids is 1. The number of carboxylic acid groups (broad SMARTS) is 1. The van der Waals surface area contributed by atoms with Gasteiger partial charge >= 0.3 is 5.97 Å². The first-order valence-electron chi connectivity index (χ1n) is 7.81. The maximum Gasteiger partial charge on any atom is 0.352 e. The maximum absolute atomic E-state index is 11.6. The Morgan fingerprint density at radius 3 is 2.65 bits per heavy atom. The van der Waals surface area contributed by atoms with E-state index in [1.165, 1.54) is 11.3 Å². The molecular weight excluding hydrogens is 372 g/mol. The fourth-order valence-corrected chi connectivity index (χ4v) is 3.79. The monoisotopic (exact) mass is 384 g/mol. The molecule has 130 valence electrons. The number of halogens is 1. The van der Waals surface area contributed by atoms with E-state index in [0.29, 0.717) is 22.3 Å². The van der Waals surface area contributed by atoms with Crippen LogP contribution in [0.3, 0.4) is 0 Å². The third-order valence-corrected chi connectivity index (χ3v) is 5.21. The maximum atomic E-state index is 11.6. The van der Waals surface area contributed by atoms with Gasteiger partial charge in [0.25, 0.3) is 0 Å². The molecule has 0 atom stereocenters. The first kappa shape index (κ1) is 16.6. The summed E-state index contributed by atoms with van der Waals surface area (Å²) in [5, 5.41) is 13.6. The quantitative estimate of drug-likeness (QED) is 0.508. The molecule has 0 fully saturated rings. The van der Waals surface area contributed by atoms with Gasteiger partial charge < -0.3 is 14.2 Å². The highest BCUT2D eigenvalue weighted by molar-refractivity contribution is 7.19. The van der Waals surface area contributed by atoms with Crippen LogP contribution in [0.4, 0.5) is 0 Å². The predicted octanol–water partition coefficient (Wildman–Crippen LogP) is 5.27. The van der Waals surface area contributed by atoms with Crippen LogP contribution in [-0.2, 0) is 6.54 Å². The molecule has 0 saturated carbocycles. The highest BCUT2D eigenvalue weighted by Gasteiger charge is 2.17. The van der Waals surface area contributed by atoms with Gasteiger partial charge in [-0.2, -0.15) is 0 Å². The second-order valence-electron chi connectivity index (χ2n) is 5.65. The van der Waals surface area contributed by atoms with E-state index in [4.69, 9.17) is 16.1 Å². The Labute approximate surface area is 158 Å². The SMILES string of the molecule is O=C(O)c1ccc(-c2ccccc2)n1Cc1cc(-c2ccc(Cl)s2)on1. The molecule has 0 aliphatic rings. The van der Waals surface area contributed by atoms with Crippen LogP contribution < -0.4 is 0 Å². The topological polar surface area (TPSA) is 68.3 Å². The summed E-state index contributed by atoms with van der Waals surface area (Å²) < 4.78 is 7.79. The molecule has 0 unspecified atom stereocenters. The number of carbonyl (C=O) groups is 1. The second kappa shape index (κ2) is 6.82. The zero-order chi connectivity index (χ0) is 18.1. The number of nitrogens with zero attached hydrogens (tertiary/aromatic N) is 2. The molecule has 0 amide bonds. The molecule has 26 heavy (non-hydrogen) atoms. The summed E-state index contributed by atoms with van der Waals surface area (Å²) in [4.78, 5) is 12.5. The summed E-state index contributed by atoms with van der Waals surface area (Å²) in [5.74, 6) is -0.372. The Morgan fingerprint density at radius 2 is 1.96 bits per heavy atom. The number of aromatic nitrogens is 2. The van der Waals surface area contributed by atoms with E-state index < -0.39 is 5.97 Å². The first-order chi connectivity index (χ1) is 12.6. The van der Waals surface area contributed by atoms with Crippen LogP contribution in [0.5, 0.6) is 0 Å². The Kier molecular flexibility index (Phi) is 4.36. The standard InChI is InChI=1S/C19H13ClN2O3S/c20-18-9-8-17(26-18)16-10-13(21-25-16)11-22-14(6-7-15(22)19(23)24)12-4-2-1-3-5-12/h1-10H,11H2,(H,23,24). The van der Waals surface area contributed by atoms with Crippen molar-refractivity contribution in [3.05, 3.63) is 76.4 Å². The molecule has 4 rings (SSSR count). The molecule has 0 saturated heterocycles. The Morgan fingerprint density at radius 1 is 1.15 bits per heavy atom. The first-order valence-corrected chi connectivity index (χ1v) is 9.01. The molecule has 0 aliphatic heterocycles. The molecule has 1 aromatic carbocycles. The van der Waals surface area contributed by atoms with E-state index in [1.54, 1.807) is 22.8 Å². The predicted molar refractivity (Wildman–Crippen MR) is 101 cm³/mol. The van der Waals surface area contributed by atoms with Gasteiger partial charge in [-0.1, -0.05) is 47.1 Å². The number of rotatable bonds is 5. The third kappa shape index (κ3) is 3.16. The van der Waals surface area contributed by atoms with Crippen molar-refractivity contribution < 1.29 is 14.4 Å². The molecule has 0 radical (unpaired) electrons. The third-order valence-electron chi connectivity index (χ3n) is 3.96. The van der Waals surface area contributed by atoms with Crippen molar-refractivity contribution in [3.8, 4) is 21.9 Å². The molecular formula is C19H13ClN2O3S. The Bertz CT molecular complexity index is 1070. The van der Waals surface area contributed by atoms with Crippen LogP contribution in [0, 0.1) is 0 Å². The van der Waals surface area contributed by atoms with Crippen LogP contribution >= 0.6 is 22.9 Å². The van der Waals surface area contributed by atoms with Gasteiger partial charge in [0.1, 0.15) is 11.4 Å². The van der Waals surface area contributed by atoms with Crippen molar-refractivity contribution in [1.82, 2.24) is 9.72 Å². The van der Waals surface area contributed by atoms with Gasteiger partial charge in [-0.05, 0) is 29.8 Å². The lowest BCUT2D eigenvalue weighted by molar-refractivity contribution is 0.0686.